The summed E-state index contributed by atoms with van der Waals surface area (Å²) in [5.41, 5.74) is 3.24. The van der Waals surface area contributed by atoms with Gasteiger partial charge in [-0.25, -0.2) is 4.79 Å². The highest BCUT2D eigenvalue weighted by atomic mass is 32.1. The number of rotatable bonds is 5. The standard InChI is InChI=1S/C25H18N2O4S/c26-13-20-18-7-4-8-22(18)32-25(20)27-23(28)14-30-16-9-10-17-19(15-5-2-1-3-6-15)12-24(29)31-21(17)11-16/h1-3,5-6,9-12H,4,7-8,14H2,(H,27,28). The fourth-order valence-electron chi connectivity index (χ4n) is 4.01. The molecule has 1 aliphatic carbocycles. The van der Waals surface area contributed by atoms with E-state index in [1.807, 2.05) is 36.4 Å². The third-order valence-corrected chi connectivity index (χ3v) is 6.66. The Morgan fingerprint density at radius 3 is 2.81 bits per heavy atom. The van der Waals surface area contributed by atoms with Crippen LogP contribution in [0, 0.1) is 11.3 Å². The molecular weight excluding hydrogens is 424 g/mol. The monoisotopic (exact) mass is 442 g/mol. The predicted molar refractivity (Wildman–Crippen MR) is 123 cm³/mol. The minimum absolute atomic E-state index is 0.221. The molecule has 7 heteroatoms. The van der Waals surface area contributed by atoms with Crippen molar-refractivity contribution in [3.63, 3.8) is 0 Å². The molecule has 1 aliphatic rings. The summed E-state index contributed by atoms with van der Waals surface area (Å²) >= 11 is 1.47. The Kier molecular flexibility index (Phi) is 5.21. The number of hydrogen-bond donors (Lipinski definition) is 1. The first-order valence-corrected chi connectivity index (χ1v) is 11.0. The molecule has 158 valence electrons. The summed E-state index contributed by atoms with van der Waals surface area (Å²) in [5.74, 6) is 0.0659. The number of hydrogen-bond acceptors (Lipinski definition) is 6. The van der Waals surface area contributed by atoms with Crippen molar-refractivity contribution in [1.82, 2.24) is 0 Å². The van der Waals surface area contributed by atoms with E-state index in [1.165, 1.54) is 22.3 Å². The zero-order chi connectivity index (χ0) is 22.1. The Bertz CT molecular complexity index is 1430. The third-order valence-electron chi connectivity index (χ3n) is 5.46. The zero-order valence-electron chi connectivity index (χ0n) is 17.0. The third kappa shape index (κ3) is 3.77. The second-order valence-electron chi connectivity index (χ2n) is 7.51. The van der Waals surface area contributed by atoms with E-state index in [4.69, 9.17) is 9.15 Å². The van der Waals surface area contributed by atoms with Gasteiger partial charge in [0, 0.05) is 22.4 Å². The zero-order valence-corrected chi connectivity index (χ0v) is 17.8. The van der Waals surface area contributed by atoms with Gasteiger partial charge in [-0.1, -0.05) is 30.3 Å². The fourth-order valence-corrected chi connectivity index (χ4v) is 5.27. The molecule has 1 N–H and O–H groups in total. The van der Waals surface area contributed by atoms with E-state index in [2.05, 4.69) is 11.4 Å². The van der Waals surface area contributed by atoms with E-state index in [1.54, 1.807) is 12.1 Å². The van der Waals surface area contributed by atoms with Crippen LogP contribution >= 0.6 is 11.3 Å². The van der Waals surface area contributed by atoms with Crippen LogP contribution in [0.4, 0.5) is 5.00 Å². The van der Waals surface area contributed by atoms with Gasteiger partial charge in [-0.05, 0) is 48.1 Å². The van der Waals surface area contributed by atoms with Crippen molar-refractivity contribution in [2.75, 3.05) is 11.9 Å². The summed E-state index contributed by atoms with van der Waals surface area (Å²) in [6.07, 6.45) is 2.89. The van der Waals surface area contributed by atoms with Gasteiger partial charge in [0.1, 0.15) is 22.4 Å². The minimum Gasteiger partial charge on any atom is -0.484 e. The average molecular weight is 442 g/mol. The summed E-state index contributed by atoms with van der Waals surface area (Å²) in [6.45, 7) is -0.221. The van der Waals surface area contributed by atoms with Crippen molar-refractivity contribution in [1.29, 1.82) is 5.26 Å². The van der Waals surface area contributed by atoms with Crippen LogP contribution in [0.5, 0.6) is 5.75 Å². The largest absolute Gasteiger partial charge is 0.484 e. The highest BCUT2D eigenvalue weighted by Gasteiger charge is 2.23. The van der Waals surface area contributed by atoms with E-state index in [0.717, 1.165) is 41.3 Å². The van der Waals surface area contributed by atoms with Crippen molar-refractivity contribution in [2.24, 2.45) is 0 Å². The molecule has 32 heavy (non-hydrogen) atoms. The maximum atomic E-state index is 12.4. The number of thiophene rings is 1. The molecular formula is C25H18N2O4S. The quantitative estimate of drug-likeness (QED) is 0.444. The topological polar surface area (TPSA) is 92.3 Å². The molecule has 0 fully saturated rings. The van der Waals surface area contributed by atoms with Crippen molar-refractivity contribution in [2.45, 2.75) is 19.3 Å². The number of nitriles is 1. The van der Waals surface area contributed by atoms with E-state index in [9.17, 15) is 14.9 Å². The molecule has 2 aromatic carbocycles. The first-order valence-electron chi connectivity index (χ1n) is 10.2. The molecule has 0 spiro atoms. The van der Waals surface area contributed by atoms with Gasteiger partial charge < -0.3 is 14.5 Å². The fraction of sp³-hybridized carbons (Fsp3) is 0.160. The van der Waals surface area contributed by atoms with Crippen LogP contribution in [0.3, 0.4) is 0 Å². The lowest BCUT2D eigenvalue weighted by Crippen LogP contribution is -2.20. The van der Waals surface area contributed by atoms with Crippen LogP contribution in [0.25, 0.3) is 22.1 Å². The second kappa shape index (κ2) is 8.33. The number of ether oxygens (including phenoxy) is 1. The lowest BCUT2D eigenvalue weighted by molar-refractivity contribution is -0.118. The molecule has 0 saturated carbocycles. The molecule has 2 heterocycles. The number of fused-ring (bicyclic) bond motifs is 2. The Balaban J connectivity index is 1.34. The number of carbonyl (C=O) groups excluding carboxylic acids is 1. The molecule has 2 aromatic heterocycles. The van der Waals surface area contributed by atoms with Gasteiger partial charge in [0.05, 0.1) is 5.56 Å². The second-order valence-corrected chi connectivity index (χ2v) is 8.62. The van der Waals surface area contributed by atoms with Gasteiger partial charge >= 0.3 is 5.63 Å². The van der Waals surface area contributed by atoms with Gasteiger partial charge in [-0.15, -0.1) is 11.3 Å². The van der Waals surface area contributed by atoms with Crippen molar-refractivity contribution >= 4 is 33.2 Å². The summed E-state index contributed by atoms with van der Waals surface area (Å²) < 4.78 is 11.0. The Morgan fingerprint density at radius 2 is 2.00 bits per heavy atom. The maximum Gasteiger partial charge on any atom is 0.336 e. The number of anilines is 1. The van der Waals surface area contributed by atoms with Crippen LogP contribution < -0.4 is 15.7 Å². The van der Waals surface area contributed by atoms with Crippen LogP contribution in [-0.2, 0) is 17.6 Å². The number of aryl methyl sites for hydroxylation is 1. The summed E-state index contributed by atoms with van der Waals surface area (Å²) in [4.78, 5) is 25.7. The van der Waals surface area contributed by atoms with Gasteiger partial charge in [-0.2, -0.15) is 5.26 Å². The first kappa shape index (κ1) is 20.0. The van der Waals surface area contributed by atoms with Crippen molar-refractivity contribution in [3.05, 3.63) is 81.0 Å². The van der Waals surface area contributed by atoms with Crippen LogP contribution in [0.15, 0.2) is 63.8 Å². The number of amides is 1. The van der Waals surface area contributed by atoms with E-state index < -0.39 is 5.63 Å². The SMILES string of the molecule is N#Cc1c(NC(=O)COc2ccc3c(-c4ccccc4)cc(=O)oc3c2)sc2c1CCC2. The first-order chi connectivity index (χ1) is 15.6. The lowest BCUT2D eigenvalue weighted by Gasteiger charge is -2.09. The predicted octanol–water partition coefficient (Wildman–Crippen LogP) is 4.90. The molecule has 0 unspecified atom stereocenters. The normalized spacial score (nSPS) is 12.3. The van der Waals surface area contributed by atoms with Crippen molar-refractivity contribution < 1.29 is 13.9 Å². The number of nitrogens with one attached hydrogen (secondary N) is 1. The highest BCUT2D eigenvalue weighted by molar-refractivity contribution is 7.16. The Labute approximate surface area is 187 Å². The Hall–Kier alpha value is -3.89. The molecule has 0 atom stereocenters. The van der Waals surface area contributed by atoms with Gasteiger partial charge in [0.2, 0.25) is 0 Å². The van der Waals surface area contributed by atoms with Crippen molar-refractivity contribution in [3.8, 4) is 22.9 Å². The minimum atomic E-state index is -0.457. The summed E-state index contributed by atoms with van der Waals surface area (Å²) in [6, 6.07) is 18.4. The Morgan fingerprint density at radius 1 is 1.16 bits per heavy atom. The summed E-state index contributed by atoms with van der Waals surface area (Å²) in [7, 11) is 0. The van der Waals surface area contributed by atoms with E-state index in [-0.39, 0.29) is 12.5 Å². The molecule has 0 saturated heterocycles. The van der Waals surface area contributed by atoms with Crippen LogP contribution in [0.1, 0.15) is 22.4 Å². The molecule has 5 rings (SSSR count). The smallest absolute Gasteiger partial charge is 0.336 e. The lowest BCUT2D eigenvalue weighted by atomic mass is 10.0. The average Bonchev–Trinajstić information content (AvgIpc) is 3.38. The summed E-state index contributed by atoms with van der Waals surface area (Å²) in [5, 5.41) is 13.6. The van der Waals surface area contributed by atoms with Gasteiger partial charge in [-0.3, -0.25) is 4.79 Å². The molecule has 1 amide bonds. The number of benzene rings is 2. The number of carbonyl (C=O) groups is 1. The van der Waals surface area contributed by atoms with Crippen LogP contribution in [0.2, 0.25) is 0 Å². The molecule has 0 aliphatic heterocycles. The molecule has 6 nitrogen and oxygen atoms in total. The van der Waals surface area contributed by atoms with E-state index in [0.29, 0.717) is 21.9 Å². The maximum absolute atomic E-state index is 12.4. The van der Waals surface area contributed by atoms with Crippen LogP contribution in [-0.4, -0.2) is 12.5 Å². The van der Waals surface area contributed by atoms with Gasteiger partial charge in [0.25, 0.3) is 5.91 Å². The number of nitrogens with zero attached hydrogens (tertiary/aromatic N) is 1. The van der Waals surface area contributed by atoms with E-state index >= 15 is 0 Å². The highest BCUT2D eigenvalue weighted by Crippen LogP contribution is 2.38. The molecule has 0 bridgehead atoms. The molecule has 0 radical (unpaired) electrons. The van der Waals surface area contributed by atoms with Gasteiger partial charge in [0.15, 0.2) is 6.61 Å². The molecule has 4 aromatic rings.